The van der Waals surface area contributed by atoms with E-state index in [0.717, 1.165) is 28.7 Å². The second-order valence-electron chi connectivity index (χ2n) is 9.73. The van der Waals surface area contributed by atoms with Crippen molar-refractivity contribution in [3.8, 4) is 6.07 Å². The van der Waals surface area contributed by atoms with Crippen molar-refractivity contribution in [3.63, 3.8) is 0 Å². The monoisotopic (exact) mass is 505 g/mol. The third-order valence-electron chi connectivity index (χ3n) is 6.87. The Morgan fingerprint density at radius 2 is 1.97 bits per heavy atom. The summed E-state index contributed by atoms with van der Waals surface area (Å²) in [5, 5.41) is 17.5. The molecule has 0 spiro atoms. The Bertz CT molecular complexity index is 1480. The first-order valence-electron chi connectivity index (χ1n) is 12.6. The molecular formula is C31H28FN5O. The highest BCUT2D eigenvalue weighted by Gasteiger charge is 2.24. The van der Waals surface area contributed by atoms with Crippen LogP contribution in [0.2, 0.25) is 0 Å². The van der Waals surface area contributed by atoms with E-state index in [2.05, 4.69) is 28.4 Å². The molecule has 38 heavy (non-hydrogen) atoms. The number of rotatable bonds is 7. The fraction of sp³-hybridized carbons (Fsp3) is 0.226. The van der Waals surface area contributed by atoms with Gasteiger partial charge in [-0.25, -0.2) is 4.39 Å². The minimum absolute atomic E-state index is 0.0942. The van der Waals surface area contributed by atoms with E-state index in [4.69, 9.17) is 5.26 Å². The molecule has 1 amide bonds. The van der Waals surface area contributed by atoms with Crippen molar-refractivity contribution in [1.82, 2.24) is 19.7 Å². The van der Waals surface area contributed by atoms with Crippen LogP contribution in [0.1, 0.15) is 40.9 Å². The summed E-state index contributed by atoms with van der Waals surface area (Å²) in [6.07, 6.45) is 15.4. The van der Waals surface area contributed by atoms with Gasteiger partial charge in [-0.05, 0) is 66.3 Å². The molecule has 0 saturated heterocycles. The first-order valence-corrected chi connectivity index (χ1v) is 12.6. The molecule has 0 radical (unpaired) electrons. The number of amides is 1. The number of nitriles is 1. The van der Waals surface area contributed by atoms with E-state index < -0.39 is 0 Å². The van der Waals surface area contributed by atoms with Gasteiger partial charge in [-0.2, -0.15) is 5.26 Å². The average Bonchev–Trinajstić information content (AvgIpc) is 3.22. The molecule has 5 rings (SSSR count). The van der Waals surface area contributed by atoms with Gasteiger partial charge in [0.05, 0.1) is 24.7 Å². The van der Waals surface area contributed by atoms with Crippen LogP contribution >= 0.6 is 0 Å². The predicted molar refractivity (Wildman–Crippen MR) is 143 cm³/mol. The molecular weight excluding hydrogens is 477 g/mol. The Morgan fingerprint density at radius 1 is 1.13 bits per heavy atom. The number of nitrogens with zero attached hydrogens (tertiary/aromatic N) is 5. The lowest BCUT2D eigenvalue weighted by Gasteiger charge is -2.24. The minimum Gasteiger partial charge on any atom is -0.327 e. The lowest BCUT2D eigenvalue weighted by Crippen LogP contribution is -2.32. The third kappa shape index (κ3) is 5.87. The summed E-state index contributed by atoms with van der Waals surface area (Å²) in [6.45, 7) is 2.82. The van der Waals surface area contributed by atoms with Crippen molar-refractivity contribution < 1.29 is 9.18 Å². The summed E-state index contributed by atoms with van der Waals surface area (Å²) in [7, 11) is 0. The van der Waals surface area contributed by atoms with E-state index in [1.54, 1.807) is 23.4 Å². The first-order chi connectivity index (χ1) is 18.5. The quantitative estimate of drug-likeness (QED) is 0.421. The highest BCUT2D eigenvalue weighted by atomic mass is 19.1. The minimum atomic E-state index is -0.322. The number of fused-ring (bicyclic) bond motifs is 1. The van der Waals surface area contributed by atoms with E-state index in [0.29, 0.717) is 30.3 Å². The summed E-state index contributed by atoms with van der Waals surface area (Å²) in [5.74, 6) is 0.514. The largest absolute Gasteiger partial charge is 0.327 e. The van der Waals surface area contributed by atoms with Crippen molar-refractivity contribution in [2.24, 2.45) is 5.92 Å². The Hall–Kier alpha value is -4.57. The zero-order valence-corrected chi connectivity index (χ0v) is 21.2. The van der Waals surface area contributed by atoms with Gasteiger partial charge in [0.2, 0.25) is 5.91 Å². The van der Waals surface area contributed by atoms with E-state index in [9.17, 15) is 9.18 Å². The molecule has 0 aliphatic heterocycles. The molecule has 190 valence electrons. The molecule has 2 aliphatic carbocycles. The fourth-order valence-electron chi connectivity index (χ4n) is 4.92. The third-order valence-corrected chi connectivity index (χ3v) is 6.87. The first kappa shape index (κ1) is 25.1. The smallest absolute Gasteiger partial charge is 0.250 e. The van der Waals surface area contributed by atoms with Crippen LogP contribution in [0.15, 0.2) is 96.4 Å². The summed E-state index contributed by atoms with van der Waals surface area (Å²) in [6, 6.07) is 14.3. The van der Waals surface area contributed by atoms with Crippen LogP contribution < -0.4 is 0 Å². The van der Waals surface area contributed by atoms with Gasteiger partial charge in [-0.15, -0.1) is 10.2 Å². The normalized spacial score (nSPS) is 16.2. The van der Waals surface area contributed by atoms with Gasteiger partial charge < -0.3 is 9.47 Å². The molecule has 1 aromatic heterocycles. The standard InChI is InChI=1S/C31H28FN5O/c1-22-14-25(16-29(32)15-22)19-36(31(38)28-12-10-26-4-2-3-5-27(26)11-13-28)20-30-35-34-21-37(30)18-24-8-6-23(17-33)7-9-24/h2-10,12,14-16,21,27H,11,13,18-20H2,1H3. The van der Waals surface area contributed by atoms with Crippen molar-refractivity contribution in [3.05, 3.63) is 130 Å². The molecule has 1 heterocycles. The van der Waals surface area contributed by atoms with Gasteiger partial charge in [-0.3, -0.25) is 4.79 Å². The number of hydrogen-bond acceptors (Lipinski definition) is 4. The Labute approximate surface area is 221 Å². The number of hydrogen-bond donors (Lipinski definition) is 0. The van der Waals surface area contributed by atoms with Crippen LogP contribution in [0, 0.1) is 30.0 Å². The zero-order valence-electron chi connectivity index (χ0n) is 21.2. The topological polar surface area (TPSA) is 74.8 Å². The van der Waals surface area contributed by atoms with Crippen LogP contribution in [0.4, 0.5) is 4.39 Å². The van der Waals surface area contributed by atoms with Crippen LogP contribution in [0.25, 0.3) is 0 Å². The van der Waals surface area contributed by atoms with Crippen molar-refractivity contribution in [2.45, 2.75) is 39.4 Å². The van der Waals surface area contributed by atoms with E-state index >= 15 is 0 Å². The maximum absolute atomic E-state index is 14.2. The zero-order chi connectivity index (χ0) is 26.5. The molecule has 0 fully saturated rings. The summed E-state index contributed by atoms with van der Waals surface area (Å²) >= 11 is 0. The number of allylic oxidation sites excluding steroid dienone is 7. The van der Waals surface area contributed by atoms with Gasteiger partial charge in [0.25, 0.3) is 0 Å². The summed E-state index contributed by atoms with van der Waals surface area (Å²) in [4.78, 5) is 15.6. The lowest BCUT2D eigenvalue weighted by molar-refractivity contribution is -0.128. The average molecular weight is 506 g/mol. The maximum Gasteiger partial charge on any atom is 0.250 e. The number of benzene rings is 2. The molecule has 1 atom stereocenters. The number of carbonyl (C=O) groups excluding carboxylic acids is 1. The highest BCUT2D eigenvalue weighted by Crippen LogP contribution is 2.29. The van der Waals surface area contributed by atoms with Crippen molar-refractivity contribution in [1.29, 1.82) is 5.26 Å². The number of carbonyl (C=O) groups is 1. The molecule has 6 nitrogen and oxygen atoms in total. The second kappa shape index (κ2) is 11.2. The molecule has 1 unspecified atom stereocenters. The Kier molecular flexibility index (Phi) is 7.41. The molecule has 7 heteroatoms. The van der Waals surface area contributed by atoms with Gasteiger partial charge in [-0.1, -0.05) is 54.7 Å². The summed E-state index contributed by atoms with van der Waals surface area (Å²) in [5.41, 5.74) is 5.03. The van der Waals surface area contributed by atoms with Crippen molar-refractivity contribution >= 4 is 5.91 Å². The second-order valence-corrected chi connectivity index (χ2v) is 9.73. The SMILES string of the molecule is Cc1cc(F)cc(CN(Cc2nncn2Cc2ccc(C#N)cc2)C(=O)C2=CC=C3C=CC=CC3CC2)c1. The number of halogens is 1. The predicted octanol–water partition coefficient (Wildman–Crippen LogP) is 5.56. The maximum atomic E-state index is 14.2. The van der Waals surface area contributed by atoms with E-state index in [-0.39, 0.29) is 24.8 Å². The van der Waals surface area contributed by atoms with Crippen LogP contribution in [-0.2, 0) is 24.4 Å². The number of aryl methyl sites for hydroxylation is 1. The van der Waals surface area contributed by atoms with Crippen molar-refractivity contribution in [2.75, 3.05) is 0 Å². The van der Waals surface area contributed by atoms with Crippen LogP contribution in [0.5, 0.6) is 0 Å². The number of aromatic nitrogens is 3. The van der Waals surface area contributed by atoms with Gasteiger partial charge in [0.1, 0.15) is 12.1 Å². The van der Waals surface area contributed by atoms with Gasteiger partial charge >= 0.3 is 0 Å². The summed E-state index contributed by atoms with van der Waals surface area (Å²) < 4.78 is 16.1. The molecule has 0 saturated carbocycles. The van der Waals surface area contributed by atoms with E-state index in [1.807, 2.05) is 54.0 Å². The molecule has 0 N–H and O–H groups in total. The van der Waals surface area contributed by atoms with Crippen LogP contribution in [-0.4, -0.2) is 25.6 Å². The molecule has 3 aromatic rings. The molecule has 2 aliphatic rings. The Balaban J connectivity index is 1.41. The lowest BCUT2D eigenvalue weighted by atomic mass is 9.91. The van der Waals surface area contributed by atoms with E-state index in [1.165, 1.54) is 17.7 Å². The Morgan fingerprint density at radius 3 is 2.76 bits per heavy atom. The molecule has 0 bridgehead atoms. The molecule has 2 aromatic carbocycles. The highest BCUT2D eigenvalue weighted by molar-refractivity contribution is 5.93. The fourth-order valence-corrected chi connectivity index (χ4v) is 4.92. The van der Waals surface area contributed by atoms with Gasteiger partial charge in [0.15, 0.2) is 5.82 Å². The van der Waals surface area contributed by atoms with Gasteiger partial charge in [0, 0.05) is 18.0 Å². The van der Waals surface area contributed by atoms with Crippen LogP contribution in [0.3, 0.4) is 0 Å².